The molecule has 0 amide bonds. The lowest BCUT2D eigenvalue weighted by molar-refractivity contribution is 0.282. The van der Waals surface area contributed by atoms with Crippen LogP contribution in [0.3, 0.4) is 0 Å². The summed E-state index contributed by atoms with van der Waals surface area (Å²) < 4.78 is 5.33. The highest BCUT2D eigenvalue weighted by Crippen LogP contribution is 2.56. The zero-order chi connectivity index (χ0) is 15.1. The lowest BCUT2D eigenvalue weighted by atomic mass is 9.75. The number of benzene rings is 2. The maximum Gasteiger partial charge on any atom is 0.119 e. The Morgan fingerprint density at radius 3 is 2.64 bits per heavy atom. The first kappa shape index (κ1) is 14.1. The summed E-state index contributed by atoms with van der Waals surface area (Å²) in [6, 6.07) is 13.4. The Morgan fingerprint density at radius 1 is 1.05 bits per heavy atom. The van der Waals surface area contributed by atoms with Gasteiger partial charge in [0.25, 0.3) is 0 Å². The van der Waals surface area contributed by atoms with Crippen molar-refractivity contribution >= 4 is 10.8 Å². The molecule has 116 valence electrons. The predicted octanol–water partition coefficient (Wildman–Crippen LogP) is 4.20. The number of methoxy groups -OCH3 is 1. The lowest BCUT2D eigenvalue weighted by Gasteiger charge is -2.31. The summed E-state index contributed by atoms with van der Waals surface area (Å²) in [5.41, 5.74) is 1.55. The summed E-state index contributed by atoms with van der Waals surface area (Å²) in [7, 11) is 3.82. The van der Waals surface area contributed by atoms with E-state index in [-0.39, 0.29) is 0 Å². The second-order valence-electron chi connectivity index (χ2n) is 7.05. The monoisotopic (exact) mass is 295 g/mol. The molecule has 2 bridgehead atoms. The molecule has 0 heterocycles. The largest absolute Gasteiger partial charge is 0.497 e. The van der Waals surface area contributed by atoms with Gasteiger partial charge in [0.1, 0.15) is 5.75 Å². The van der Waals surface area contributed by atoms with Gasteiger partial charge in [-0.3, -0.25) is 0 Å². The Morgan fingerprint density at radius 2 is 1.82 bits per heavy atom. The normalized spacial score (nSPS) is 30.1. The van der Waals surface area contributed by atoms with E-state index in [1.807, 2.05) is 0 Å². The molecular formula is C20H25NO. The SMILES string of the molecule is CNC[C@@H]1[C@@H]2CC[C@@H](C2)[C@@H]1c1ccc2cc(OC)ccc2c1. The van der Waals surface area contributed by atoms with E-state index >= 15 is 0 Å². The fourth-order valence-corrected chi connectivity index (χ4v) is 5.04. The van der Waals surface area contributed by atoms with Crippen LogP contribution in [-0.2, 0) is 0 Å². The molecular weight excluding hydrogens is 270 g/mol. The molecule has 2 nitrogen and oxygen atoms in total. The average Bonchev–Trinajstić information content (AvgIpc) is 3.15. The lowest BCUT2D eigenvalue weighted by Crippen LogP contribution is -2.29. The number of nitrogens with one attached hydrogen (secondary N) is 1. The molecule has 2 aliphatic rings. The highest BCUT2D eigenvalue weighted by Gasteiger charge is 2.47. The van der Waals surface area contributed by atoms with E-state index in [9.17, 15) is 0 Å². The van der Waals surface area contributed by atoms with E-state index in [1.54, 1.807) is 12.7 Å². The van der Waals surface area contributed by atoms with E-state index in [1.165, 1.54) is 30.0 Å². The first-order valence-electron chi connectivity index (χ1n) is 8.52. The van der Waals surface area contributed by atoms with Gasteiger partial charge in [-0.1, -0.05) is 24.3 Å². The van der Waals surface area contributed by atoms with E-state index in [0.717, 1.165) is 36.0 Å². The van der Waals surface area contributed by atoms with Gasteiger partial charge in [-0.25, -0.2) is 0 Å². The van der Waals surface area contributed by atoms with Crippen molar-refractivity contribution in [3.05, 3.63) is 42.0 Å². The Labute approximate surface area is 132 Å². The van der Waals surface area contributed by atoms with Crippen LogP contribution in [0.1, 0.15) is 30.7 Å². The molecule has 2 fully saturated rings. The molecule has 0 spiro atoms. The van der Waals surface area contributed by atoms with Gasteiger partial charge in [-0.05, 0) is 85.0 Å². The van der Waals surface area contributed by atoms with Gasteiger partial charge in [0.2, 0.25) is 0 Å². The first-order valence-corrected chi connectivity index (χ1v) is 8.52. The van der Waals surface area contributed by atoms with Crippen molar-refractivity contribution in [2.75, 3.05) is 20.7 Å². The van der Waals surface area contributed by atoms with Crippen LogP contribution in [0.2, 0.25) is 0 Å². The predicted molar refractivity (Wildman–Crippen MR) is 91.5 cm³/mol. The molecule has 2 aromatic rings. The third-order valence-electron chi connectivity index (χ3n) is 5.98. The molecule has 0 aliphatic heterocycles. The van der Waals surface area contributed by atoms with E-state index in [2.05, 4.69) is 48.8 Å². The van der Waals surface area contributed by atoms with Crippen molar-refractivity contribution in [2.45, 2.75) is 25.2 Å². The van der Waals surface area contributed by atoms with Crippen LogP contribution in [0.25, 0.3) is 10.8 Å². The number of fused-ring (bicyclic) bond motifs is 3. The van der Waals surface area contributed by atoms with Gasteiger partial charge >= 0.3 is 0 Å². The minimum atomic E-state index is 0.748. The molecule has 2 heteroatoms. The highest BCUT2D eigenvalue weighted by atomic mass is 16.5. The molecule has 4 rings (SSSR count). The summed E-state index contributed by atoms with van der Waals surface area (Å²) in [5, 5.41) is 6.04. The van der Waals surface area contributed by atoms with Crippen molar-refractivity contribution in [1.82, 2.24) is 5.32 Å². The van der Waals surface area contributed by atoms with Crippen molar-refractivity contribution in [2.24, 2.45) is 17.8 Å². The molecule has 0 unspecified atom stereocenters. The van der Waals surface area contributed by atoms with Crippen LogP contribution in [0.5, 0.6) is 5.75 Å². The van der Waals surface area contributed by atoms with Gasteiger partial charge in [-0.15, -0.1) is 0 Å². The Bertz CT molecular complexity index is 680. The third kappa shape index (κ3) is 2.21. The highest BCUT2D eigenvalue weighted by molar-refractivity contribution is 5.84. The molecule has 4 atom stereocenters. The van der Waals surface area contributed by atoms with Crippen LogP contribution in [0.15, 0.2) is 36.4 Å². The average molecular weight is 295 g/mol. The van der Waals surface area contributed by atoms with Gasteiger partial charge in [0.15, 0.2) is 0 Å². The summed E-state index contributed by atoms with van der Waals surface area (Å²) in [4.78, 5) is 0. The fraction of sp³-hybridized carbons (Fsp3) is 0.500. The van der Waals surface area contributed by atoms with Gasteiger partial charge < -0.3 is 10.1 Å². The summed E-state index contributed by atoms with van der Waals surface area (Å²) in [6.07, 6.45) is 4.31. The van der Waals surface area contributed by atoms with Crippen LogP contribution in [-0.4, -0.2) is 20.7 Å². The maximum absolute atomic E-state index is 5.33. The number of hydrogen-bond acceptors (Lipinski definition) is 2. The standard InChI is InChI=1S/C20H25NO/c1-21-12-19-15-4-6-17(10-15)20(19)16-5-3-14-11-18(22-2)8-7-13(14)9-16/h3,5,7-9,11,15,17,19-21H,4,6,10,12H2,1-2H3/t15-,17+,19-,20+/m1/s1. The summed E-state index contributed by atoms with van der Waals surface area (Å²) in [5.74, 6) is 4.35. The smallest absolute Gasteiger partial charge is 0.119 e. The molecule has 2 aliphatic carbocycles. The maximum atomic E-state index is 5.33. The molecule has 22 heavy (non-hydrogen) atoms. The van der Waals surface area contributed by atoms with Crippen molar-refractivity contribution < 1.29 is 4.74 Å². The third-order valence-corrected chi connectivity index (χ3v) is 5.98. The molecule has 1 N–H and O–H groups in total. The second kappa shape index (κ2) is 5.58. The summed E-state index contributed by atoms with van der Waals surface area (Å²) >= 11 is 0. The van der Waals surface area contributed by atoms with Crippen LogP contribution < -0.4 is 10.1 Å². The zero-order valence-corrected chi connectivity index (χ0v) is 13.5. The number of hydrogen-bond donors (Lipinski definition) is 1. The minimum absolute atomic E-state index is 0.748. The topological polar surface area (TPSA) is 21.3 Å². The molecule has 0 saturated heterocycles. The second-order valence-corrected chi connectivity index (χ2v) is 7.05. The summed E-state index contributed by atoms with van der Waals surface area (Å²) in [6.45, 7) is 1.16. The zero-order valence-electron chi connectivity index (χ0n) is 13.5. The van der Waals surface area contributed by atoms with E-state index < -0.39 is 0 Å². The number of ether oxygens (including phenoxy) is 1. The fourth-order valence-electron chi connectivity index (χ4n) is 5.04. The molecule has 0 aromatic heterocycles. The Balaban J connectivity index is 1.71. The quantitative estimate of drug-likeness (QED) is 0.913. The van der Waals surface area contributed by atoms with Crippen LogP contribution >= 0.6 is 0 Å². The molecule has 2 saturated carbocycles. The first-order chi connectivity index (χ1) is 10.8. The molecule has 0 radical (unpaired) electrons. The minimum Gasteiger partial charge on any atom is -0.497 e. The Kier molecular flexibility index (Phi) is 3.57. The van der Waals surface area contributed by atoms with Gasteiger partial charge in [0.05, 0.1) is 7.11 Å². The Hall–Kier alpha value is -1.54. The molecule has 2 aromatic carbocycles. The van der Waals surface area contributed by atoms with Gasteiger partial charge in [-0.2, -0.15) is 0 Å². The number of rotatable bonds is 4. The van der Waals surface area contributed by atoms with E-state index in [0.29, 0.717) is 0 Å². The van der Waals surface area contributed by atoms with Crippen molar-refractivity contribution in [3.8, 4) is 5.75 Å². The van der Waals surface area contributed by atoms with Crippen LogP contribution in [0.4, 0.5) is 0 Å². The van der Waals surface area contributed by atoms with E-state index in [4.69, 9.17) is 4.74 Å². The van der Waals surface area contributed by atoms with Crippen molar-refractivity contribution in [3.63, 3.8) is 0 Å². The van der Waals surface area contributed by atoms with Crippen molar-refractivity contribution in [1.29, 1.82) is 0 Å². The van der Waals surface area contributed by atoms with Gasteiger partial charge in [0, 0.05) is 0 Å². The van der Waals surface area contributed by atoms with Crippen LogP contribution in [0, 0.1) is 17.8 Å².